The summed E-state index contributed by atoms with van der Waals surface area (Å²) >= 11 is 0. The molecule has 0 radical (unpaired) electrons. The molecule has 2 N–H and O–H groups in total. The van der Waals surface area contributed by atoms with E-state index in [0.29, 0.717) is 30.5 Å². The maximum absolute atomic E-state index is 12.3. The Kier molecular flexibility index (Phi) is 3.84. The molecule has 7 heteroatoms. The summed E-state index contributed by atoms with van der Waals surface area (Å²) in [6.07, 6.45) is 2.30. The van der Waals surface area contributed by atoms with E-state index in [2.05, 4.69) is 20.5 Å². The summed E-state index contributed by atoms with van der Waals surface area (Å²) in [4.78, 5) is 16.7. The number of hydrogen-bond donors (Lipinski definition) is 2. The summed E-state index contributed by atoms with van der Waals surface area (Å²) in [6, 6.07) is 9.61. The number of ether oxygens (including phenoxy) is 1. The monoisotopic (exact) mass is 324 g/mol. The lowest BCUT2D eigenvalue weighted by molar-refractivity contribution is 0.0922. The molecule has 0 bridgehead atoms. The third kappa shape index (κ3) is 2.81. The quantitative estimate of drug-likeness (QED) is 0.766. The van der Waals surface area contributed by atoms with Crippen molar-refractivity contribution in [2.75, 3.05) is 6.61 Å². The molecule has 7 nitrogen and oxygen atoms in total. The molecule has 2 aromatic heterocycles. The fraction of sp³-hybridized carbons (Fsp3) is 0.235. The van der Waals surface area contributed by atoms with E-state index >= 15 is 0 Å². The van der Waals surface area contributed by atoms with Crippen molar-refractivity contribution < 1.29 is 13.9 Å². The normalized spacial score (nSPS) is 13.5. The molecule has 0 unspecified atom stereocenters. The van der Waals surface area contributed by atoms with Crippen LogP contribution >= 0.6 is 0 Å². The third-order valence-corrected chi connectivity index (χ3v) is 3.91. The Balaban J connectivity index is 1.43. The van der Waals surface area contributed by atoms with Gasteiger partial charge in [-0.15, -0.1) is 0 Å². The average Bonchev–Trinajstić information content (AvgIpc) is 3.27. The predicted octanol–water partition coefficient (Wildman–Crippen LogP) is 2.07. The number of fused-ring (bicyclic) bond motifs is 1. The Hall–Kier alpha value is -2.93. The number of carbonyl (C=O) groups excluding carboxylic acids is 1. The molecule has 4 rings (SSSR count). The summed E-state index contributed by atoms with van der Waals surface area (Å²) in [5.74, 6) is 0.285. The summed E-state index contributed by atoms with van der Waals surface area (Å²) in [6.45, 7) is 1.34. The maximum atomic E-state index is 12.3. The smallest absolute Gasteiger partial charge is 0.272 e. The van der Waals surface area contributed by atoms with E-state index in [1.54, 1.807) is 6.26 Å². The van der Waals surface area contributed by atoms with Gasteiger partial charge < -0.3 is 14.5 Å². The third-order valence-electron chi connectivity index (χ3n) is 3.91. The number of benzene rings is 1. The fourth-order valence-electron chi connectivity index (χ4n) is 2.66. The van der Waals surface area contributed by atoms with Crippen LogP contribution in [0.25, 0.3) is 11.5 Å². The standard InChI is InChI=1S/C17H16N4O3/c22-16(15-13-10-23-7-6-14(13)20-21-15)18-8-12-9-24-17(19-12)11-4-2-1-3-5-11/h1-5,9H,6-8,10H2,(H,18,22)(H,20,21). The minimum atomic E-state index is -0.248. The predicted molar refractivity (Wildman–Crippen MR) is 85.1 cm³/mol. The molecule has 0 aliphatic carbocycles. The van der Waals surface area contributed by atoms with Crippen LogP contribution in [0, 0.1) is 0 Å². The Bertz CT molecular complexity index is 854. The first-order chi connectivity index (χ1) is 11.8. The number of carbonyl (C=O) groups is 1. The van der Waals surface area contributed by atoms with Crippen molar-refractivity contribution in [1.29, 1.82) is 0 Å². The van der Waals surface area contributed by atoms with Gasteiger partial charge in [-0.2, -0.15) is 5.10 Å². The Morgan fingerprint density at radius 1 is 1.29 bits per heavy atom. The van der Waals surface area contributed by atoms with E-state index in [4.69, 9.17) is 9.15 Å². The highest BCUT2D eigenvalue weighted by atomic mass is 16.5. The molecule has 1 amide bonds. The van der Waals surface area contributed by atoms with Crippen LogP contribution in [-0.2, 0) is 24.3 Å². The number of nitrogens with one attached hydrogen (secondary N) is 2. The molecule has 24 heavy (non-hydrogen) atoms. The van der Waals surface area contributed by atoms with Crippen LogP contribution in [0.5, 0.6) is 0 Å². The summed E-state index contributed by atoms with van der Waals surface area (Å²) in [7, 11) is 0. The van der Waals surface area contributed by atoms with Crippen molar-refractivity contribution in [3.8, 4) is 11.5 Å². The molecule has 3 heterocycles. The second-order valence-electron chi connectivity index (χ2n) is 5.52. The van der Waals surface area contributed by atoms with Gasteiger partial charge in [0.1, 0.15) is 6.26 Å². The lowest BCUT2D eigenvalue weighted by Gasteiger charge is -2.12. The van der Waals surface area contributed by atoms with Crippen LogP contribution in [-0.4, -0.2) is 27.7 Å². The molecule has 0 spiro atoms. The number of amides is 1. The number of aromatic amines is 1. The van der Waals surface area contributed by atoms with E-state index in [1.165, 1.54) is 0 Å². The van der Waals surface area contributed by atoms with Crippen LogP contribution in [0.15, 0.2) is 41.0 Å². The van der Waals surface area contributed by atoms with Crippen molar-refractivity contribution in [2.24, 2.45) is 0 Å². The topological polar surface area (TPSA) is 93.0 Å². The lowest BCUT2D eigenvalue weighted by atomic mass is 10.1. The zero-order valence-corrected chi connectivity index (χ0v) is 12.9. The fourth-order valence-corrected chi connectivity index (χ4v) is 2.66. The highest BCUT2D eigenvalue weighted by Crippen LogP contribution is 2.19. The van der Waals surface area contributed by atoms with Gasteiger partial charge in [-0.3, -0.25) is 9.89 Å². The van der Waals surface area contributed by atoms with Crippen LogP contribution in [0.1, 0.15) is 27.4 Å². The van der Waals surface area contributed by atoms with E-state index in [0.717, 1.165) is 23.2 Å². The van der Waals surface area contributed by atoms with Gasteiger partial charge in [0, 0.05) is 23.2 Å². The lowest BCUT2D eigenvalue weighted by Crippen LogP contribution is -2.25. The first-order valence-electron chi connectivity index (χ1n) is 7.73. The molecular weight excluding hydrogens is 308 g/mol. The number of hydrogen-bond acceptors (Lipinski definition) is 5. The number of aromatic nitrogens is 3. The van der Waals surface area contributed by atoms with Gasteiger partial charge in [0.2, 0.25) is 5.89 Å². The number of nitrogens with zero attached hydrogens (tertiary/aromatic N) is 2. The van der Waals surface area contributed by atoms with E-state index < -0.39 is 0 Å². The van der Waals surface area contributed by atoms with Gasteiger partial charge >= 0.3 is 0 Å². The van der Waals surface area contributed by atoms with Crippen molar-refractivity contribution >= 4 is 5.91 Å². The summed E-state index contributed by atoms with van der Waals surface area (Å²) in [5, 5.41) is 9.82. The molecule has 0 atom stereocenters. The second kappa shape index (κ2) is 6.29. The number of oxazole rings is 1. The van der Waals surface area contributed by atoms with Gasteiger partial charge in [0.05, 0.1) is 25.5 Å². The minimum absolute atomic E-state index is 0.248. The molecular formula is C17H16N4O3. The summed E-state index contributed by atoms with van der Waals surface area (Å²) in [5.41, 5.74) is 3.75. The van der Waals surface area contributed by atoms with Crippen LogP contribution in [0.3, 0.4) is 0 Å². The molecule has 0 fully saturated rings. The van der Waals surface area contributed by atoms with Gasteiger partial charge in [0.25, 0.3) is 5.91 Å². The van der Waals surface area contributed by atoms with Crippen molar-refractivity contribution in [3.63, 3.8) is 0 Å². The molecule has 1 aromatic carbocycles. The van der Waals surface area contributed by atoms with Crippen molar-refractivity contribution in [3.05, 3.63) is 59.2 Å². The molecule has 3 aromatic rings. The molecule has 1 aliphatic rings. The Labute approximate surface area is 138 Å². The van der Waals surface area contributed by atoms with Crippen LogP contribution in [0.2, 0.25) is 0 Å². The van der Waals surface area contributed by atoms with E-state index in [1.807, 2.05) is 30.3 Å². The maximum Gasteiger partial charge on any atom is 0.272 e. The molecule has 0 saturated carbocycles. The molecule has 1 aliphatic heterocycles. The molecule has 0 saturated heterocycles. The van der Waals surface area contributed by atoms with E-state index in [9.17, 15) is 4.79 Å². The van der Waals surface area contributed by atoms with Crippen molar-refractivity contribution in [1.82, 2.24) is 20.5 Å². The first-order valence-corrected chi connectivity index (χ1v) is 7.73. The van der Waals surface area contributed by atoms with Crippen molar-refractivity contribution in [2.45, 2.75) is 19.6 Å². The zero-order valence-electron chi connectivity index (χ0n) is 12.9. The van der Waals surface area contributed by atoms with Crippen LogP contribution in [0.4, 0.5) is 0 Å². The first kappa shape index (κ1) is 14.6. The van der Waals surface area contributed by atoms with Gasteiger partial charge in [-0.25, -0.2) is 4.98 Å². The average molecular weight is 324 g/mol. The van der Waals surface area contributed by atoms with Gasteiger partial charge in [-0.05, 0) is 12.1 Å². The largest absolute Gasteiger partial charge is 0.444 e. The molecule has 122 valence electrons. The highest BCUT2D eigenvalue weighted by molar-refractivity contribution is 5.93. The SMILES string of the molecule is O=C(NCc1coc(-c2ccccc2)n1)c1n[nH]c2c1COCC2. The van der Waals surface area contributed by atoms with Crippen LogP contribution < -0.4 is 5.32 Å². The van der Waals surface area contributed by atoms with E-state index in [-0.39, 0.29) is 12.5 Å². The Morgan fingerprint density at radius 3 is 3.04 bits per heavy atom. The Morgan fingerprint density at radius 2 is 2.17 bits per heavy atom. The number of H-pyrrole nitrogens is 1. The number of rotatable bonds is 4. The second-order valence-corrected chi connectivity index (χ2v) is 5.52. The van der Waals surface area contributed by atoms with Gasteiger partial charge in [0.15, 0.2) is 5.69 Å². The minimum Gasteiger partial charge on any atom is -0.444 e. The van der Waals surface area contributed by atoms with Gasteiger partial charge in [-0.1, -0.05) is 18.2 Å². The summed E-state index contributed by atoms with van der Waals surface area (Å²) < 4.78 is 10.9. The highest BCUT2D eigenvalue weighted by Gasteiger charge is 2.22. The zero-order chi connectivity index (χ0) is 16.4.